The maximum absolute atomic E-state index is 12.4. The van der Waals surface area contributed by atoms with Crippen LogP contribution in [0.1, 0.15) is 31.0 Å². The summed E-state index contributed by atoms with van der Waals surface area (Å²) in [6, 6.07) is 7.67. The zero-order valence-corrected chi connectivity index (χ0v) is 26.4. The van der Waals surface area contributed by atoms with E-state index in [-0.39, 0.29) is 12.2 Å². The Labute approximate surface area is 259 Å². The third-order valence-corrected chi connectivity index (χ3v) is 7.08. The molecule has 3 rings (SSSR count). The number of hydrogen-bond donors (Lipinski definition) is 4. The number of ether oxygens (including phenoxy) is 4. The van der Waals surface area contributed by atoms with E-state index in [1.54, 1.807) is 37.4 Å². The van der Waals surface area contributed by atoms with E-state index in [4.69, 9.17) is 18.9 Å². The summed E-state index contributed by atoms with van der Waals surface area (Å²) in [6.07, 6.45) is 2.17. The number of esters is 1. The molecule has 0 aliphatic carbocycles. The molecule has 0 aromatic heterocycles. The summed E-state index contributed by atoms with van der Waals surface area (Å²) in [4.78, 5) is 24.5. The number of nitrogens with zero attached hydrogens (tertiary/aromatic N) is 1. The molecule has 2 atom stereocenters. The topological polar surface area (TPSA) is 140 Å². The molecule has 214 valence electrons. The predicted octanol–water partition coefficient (Wildman–Crippen LogP) is 3.98. The van der Waals surface area contributed by atoms with Crippen LogP contribution < -0.4 is 30.3 Å². The highest BCUT2D eigenvalue weighted by Crippen LogP contribution is 2.35. The summed E-state index contributed by atoms with van der Waals surface area (Å²) < 4.78 is 24.0. The van der Waals surface area contributed by atoms with E-state index >= 15 is 0 Å². The minimum atomic E-state index is -1.11. The predicted molar refractivity (Wildman–Crippen MR) is 167 cm³/mol. The summed E-state index contributed by atoms with van der Waals surface area (Å²) in [5.74, 6) is 0.971. The second-order valence-corrected chi connectivity index (χ2v) is 10.7. The number of aliphatic hydroxyl groups is 1. The number of nitrogens with one attached hydrogen (secondary N) is 3. The molecule has 0 unspecified atom stereocenters. The summed E-state index contributed by atoms with van der Waals surface area (Å²) in [6.45, 7) is 7.75. The lowest BCUT2D eigenvalue weighted by atomic mass is 9.95. The summed E-state index contributed by atoms with van der Waals surface area (Å²) >= 11 is 4.39. The van der Waals surface area contributed by atoms with Crippen LogP contribution in [0.4, 0.5) is 4.79 Å². The van der Waals surface area contributed by atoms with Gasteiger partial charge in [0.15, 0.2) is 17.7 Å². The highest BCUT2D eigenvalue weighted by atomic mass is 127. The normalized spacial score (nSPS) is 15.7. The maximum Gasteiger partial charge on any atom is 0.337 e. The van der Waals surface area contributed by atoms with Crippen LogP contribution in [0.15, 0.2) is 59.4 Å². The Morgan fingerprint density at radius 3 is 2.58 bits per heavy atom. The number of amides is 2. The lowest BCUT2D eigenvalue weighted by molar-refractivity contribution is -0.136. The van der Waals surface area contributed by atoms with Gasteiger partial charge in [0.05, 0.1) is 38.7 Å². The average molecular weight is 776 g/mol. The van der Waals surface area contributed by atoms with Gasteiger partial charge in [-0.05, 0) is 94.4 Å². The summed E-state index contributed by atoms with van der Waals surface area (Å²) in [5, 5.41) is 19.8. The molecule has 0 saturated heterocycles. The van der Waals surface area contributed by atoms with Crippen LogP contribution >= 0.6 is 45.2 Å². The van der Waals surface area contributed by atoms with Crippen molar-refractivity contribution in [3.05, 3.63) is 72.5 Å². The lowest BCUT2D eigenvalue weighted by Gasteiger charge is -2.28. The number of halogens is 2. The van der Waals surface area contributed by atoms with Crippen LogP contribution in [0.2, 0.25) is 0 Å². The highest BCUT2D eigenvalue weighted by Gasteiger charge is 2.32. The molecule has 0 bridgehead atoms. The second kappa shape index (κ2) is 15.1. The quantitative estimate of drug-likeness (QED) is 0.0599. The van der Waals surface area contributed by atoms with Crippen LogP contribution in [0.25, 0.3) is 0 Å². The van der Waals surface area contributed by atoms with E-state index < -0.39 is 24.3 Å². The molecule has 1 heterocycles. The highest BCUT2D eigenvalue weighted by molar-refractivity contribution is 14.1. The Hall–Kier alpha value is -3.05. The van der Waals surface area contributed by atoms with E-state index in [1.165, 1.54) is 7.11 Å². The Kier molecular flexibility index (Phi) is 11.9. The Morgan fingerprint density at radius 2 is 1.93 bits per heavy atom. The van der Waals surface area contributed by atoms with Gasteiger partial charge in [0, 0.05) is 5.70 Å². The number of aliphatic hydroxyl groups excluding tert-OH is 1. The van der Waals surface area contributed by atoms with Gasteiger partial charge in [0.1, 0.15) is 19.0 Å². The zero-order chi connectivity index (χ0) is 29.2. The molecule has 0 saturated carbocycles. The van der Waals surface area contributed by atoms with Crippen molar-refractivity contribution >= 4 is 63.4 Å². The Balaban J connectivity index is 1.68. The van der Waals surface area contributed by atoms with E-state index in [1.807, 2.05) is 19.1 Å². The van der Waals surface area contributed by atoms with Gasteiger partial charge in [-0.1, -0.05) is 18.7 Å². The summed E-state index contributed by atoms with van der Waals surface area (Å²) in [7, 11) is 1.28. The number of hydrazone groups is 1. The standard InChI is InChI=1S/C27H30I2N4O7/c1-5-9-39-25-18(28)10-16(11-19(25)29)13-30-33-22(34)14-40-20-8-7-17(12-21(20)38-6-2)24-23(26(35)37-4)15(3)31-27(36)32-24/h5,7-8,10-13,22,24,33-34H,1,6,9,14H2,2-4H3,(H2,31,32,36)/b30-13-/t22-,24-/m1/s1. The molecule has 1 aliphatic rings. The van der Waals surface area contributed by atoms with E-state index in [0.29, 0.717) is 36.0 Å². The molecule has 11 nitrogen and oxygen atoms in total. The molecule has 0 radical (unpaired) electrons. The van der Waals surface area contributed by atoms with Crippen LogP contribution in [0.3, 0.4) is 0 Å². The number of methoxy groups -OCH3 is 1. The fraction of sp³-hybridized carbons (Fsp3) is 0.296. The van der Waals surface area contributed by atoms with E-state index in [9.17, 15) is 14.7 Å². The van der Waals surface area contributed by atoms with Crippen molar-refractivity contribution in [3.8, 4) is 17.2 Å². The van der Waals surface area contributed by atoms with Gasteiger partial charge in [-0.3, -0.25) is 5.43 Å². The number of carbonyl (C=O) groups is 2. The van der Waals surface area contributed by atoms with Gasteiger partial charge < -0.3 is 34.7 Å². The van der Waals surface area contributed by atoms with Gasteiger partial charge >= 0.3 is 12.0 Å². The van der Waals surface area contributed by atoms with Gasteiger partial charge in [-0.25, -0.2) is 9.59 Å². The number of carbonyl (C=O) groups excluding carboxylic acids is 2. The van der Waals surface area contributed by atoms with Gasteiger partial charge in [-0.15, -0.1) is 0 Å². The van der Waals surface area contributed by atoms with Crippen molar-refractivity contribution in [2.24, 2.45) is 5.10 Å². The SMILES string of the molecule is C=CCOc1c(I)cc(/C=N\N[C@H](O)COc2ccc([C@H]3NC(=O)NC(C)=C3C(=O)OC)cc2OCC)cc1I. The number of benzene rings is 2. The molecule has 2 amide bonds. The minimum Gasteiger partial charge on any atom is -0.490 e. The van der Waals surface area contributed by atoms with Crippen LogP contribution in [-0.2, 0) is 9.53 Å². The molecule has 40 heavy (non-hydrogen) atoms. The largest absolute Gasteiger partial charge is 0.490 e. The Bertz CT molecular complexity index is 1290. The van der Waals surface area contributed by atoms with Crippen molar-refractivity contribution in [2.45, 2.75) is 26.1 Å². The Morgan fingerprint density at radius 1 is 1.20 bits per heavy atom. The number of rotatable bonds is 13. The molecular formula is C27H30I2N4O7. The third kappa shape index (κ3) is 8.23. The van der Waals surface area contributed by atoms with Crippen molar-refractivity contribution in [3.63, 3.8) is 0 Å². The van der Waals surface area contributed by atoms with Crippen molar-refractivity contribution < 1.29 is 33.6 Å². The first-order valence-corrected chi connectivity index (χ1v) is 14.3. The van der Waals surface area contributed by atoms with Crippen LogP contribution in [0.5, 0.6) is 17.2 Å². The van der Waals surface area contributed by atoms with Crippen molar-refractivity contribution in [1.82, 2.24) is 16.1 Å². The number of allylic oxidation sites excluding steroid dienone is 1. The smallest absolute Gasteiger partial charge is 0.337 e. The summed E-state index contributed by atoms with van der Waals surface area (Å²) in [5.41, 5.74) is 4.74. The second-order valence-electron chi connectivity index (χ2n) is 8.33. The molecule has 0 spiro atoms. The van der Waals surface area contributed by atoms with Gasteiger partial charge in [0.2, 0.25) is 0 Å². The van der Waals surface area contributed by atoms with Crippen LogP contribution in [-0.4, -0.2) is 56.5 Å². The fourth-order valence-corrected chi connectivity index (χ4v) is 5.88. The monoisotopic (exact) mass is 776 g/mol. The number of urea groups is 1. The average Bonchev–Trinajstić information content (AvgIpc) is 2.91. The zero-order valence-electron chi connectivity index (χ0n) is 22.1. The first kappa shape index (κ1) is 31.5. The van der Waals surface area contributed by atoms with Crippen LogP contribution in [0, 0.1) is 7.14 Å². The first-order chi connectivity index (χ1) is 19.2. The molecular weight excluding hydrogens is 746 g/mol. The molecule has 1 aliphatic heterocycles. The fourth-order valence-electron chi connectivity index (χ4n) is 3.75. The lowest BCUT2D eigenvalue weighted by Crippen LogP contribution is -2.45. The van der Waals surface area contributed by atoms with Crippen molar-refractivity contribution in [1.29, 1.82) is 0 Å². The van der Waals surface area contributed by atoms with E-state index in [0.717, 1.165) is 18.5 Å². The van der Waals surface area contributed by atoms with Gasteiger partial charge in [0.25, 0.3) is 0 Å². The molecule has 4 N–H and O–H groups in total. The minimum absolute atomic E-state index is 0.128. The van der Waals surface area contributed by atoms with Gasteiger partial charge in [-0.2, -0.15) is 5.10 Å². The third-order valence-electron chi connectivity index (χ3n) is 5.48. The molecule has 13 heteroatoms. The maximum atomic E-state index is 12.4. The number of hydrogen-bond acceptors (Lipinski definition) is 9. The molecule has 0 fully saturated rings. The first-order valence-electron chi connectivity index (χ1n) is 12.1. The molecule has 2 aromatic rings. The van der Waals surface area contributed by atoms with Crippen molar-refractivity contribution in [2.75, 3.05) is 26.9 Å². The van der Waals surface area contributed by atoms with E-state index in [2.05, 4.69) is 72.9 Å². The molecule has 2 aromatic carbocycles.